The van der Waals surface area contributed by atoms with Gasteiger partial charge in [-0.1, -0.05) is 36.4 Å². The van der Waals surface area contributed by atoms with Crippen molar-refractivity contribution in [3.05, 3.63) is 118 Å². The number of benzene rings is 3. The molecule has 0 aliphatic rings. The Labute approximate surface area is 212 Å². The molecule has 5 rings (SSSR count). The van der Waals surface area contributed by atoms with Crippen LogP contribution < -0.4 is 10.9 Å². The predicted octanol–water partition coefficient (Wildman–Crippen LogP) is 3.21. The zero-order valence-electron chi connectivity index (χ0n) is 20.2. The summed E-state index contributed by atoms with van der Waals surface area (Å²) in [5, 5.41) is 5.81. The van der Waals surface area contributed by atoms with Crippen LogP contribution >= 0.6 is 0 Å². The van der Waals surface area contributed by atoms with Gasteiger partial charge in [-0.05, 0) is 47.5 Å². The zero-order valence-corrected chi connectivity index (χ0v) is 20.2. The summed E-state index contributed by atoms with van der Waals surface area (Å²) in [6.45, 7) is 1.11. The number of carbonyl (C=O) groups excluding carboxylic acids is 2. The van der Waals surface area contributed by atoms with Gasteiger partial charge in [-0.3, -0.25) is 19.5 Å². The highest BCUT2D eigenvalue weighted by atomic mass is 16.5. The van der Waals surface area contributed by atoms with E-state index in [1.807, 2.05) is 48.8 Å². The standard InChI is InChI=1S/C28H25N5O4/c1-37-27(35)15-22-14-26(34)33(31-22)23-12-10-21(11-13-23)28(36)29-16-19-6-8-20(9-7-19)17-32-18-30-24-4-2-3-5-25(24)32/h2-14,18,31H,15-17H2,1H3,(H,29,36). The van der Waals surface area contributed by atoms with Gasteiger partial charge < -0.3 is 14.6 Å². The molecule has 0 fully saturated rings. The first-order valence-corrected chi connectivity index (χ1v) is 11.7. The Bertz CT molecular complexity index is 1610. The van der Waals surface area contributed by atoms with Crippen LogP contribution in [0.5, 0.6) is 0 Å². The lowest BCUT2D eigenvalue weighted by molar-refractivity contribution is -0.139. The molecule has 2 N–H and O–H groups in total. The molecule has 0 aliphatic carbocycles. The molecule has 5 aromatic rings. The van der Waals surface area contributed by atoms with Crippen LogP contribution in [0.15, 0.2) is 90.0 Å². The number of hydrogen-bond acceptors (Lipinski definition) is 5. The minimum atomic E-state index is -0.443. The number of ether oxygens (including phenoxy) is 1. The smallest absolute Gasteiger partial charge is 0.311 e. The molecule has 0 radical (unpaired) electrons. The number of carbonyl (C=O) groups is 2. The van der Waals surface area contributed by atoms with E-state index >= 15 is 0 Å². The molecule has 1 amide bonds. The highest BCUT2D eigenvalue weighted by Gasteiger charge is 2.11. The van der Waals surface area contributed by atoms with Crippen LogP contribution in [0.1, 0.15) is 27.2 Å². The Kier molecular flexibility index (Phi) is 6.67. The summed E-state index contributed by atoms with van der Waals surface area (Å²) >= 11 is 0. The van der Waals surface area contributed by atoms with Crippen LogP contribution in [0.3, 0.4) is 0 Å². The van der Waals surface area contributed by atoms with Crippen LogP contribution in [0, 0.1) is 0 Å². The van der Waals surface area contributed by atoms with Crippen LogP contribution in [0.2, 0.25) is 0 Å². The summed E-state index contributed by atoms with van der Waals surface area (Å²) in [4.78, 5) is 40.8. The van der Waals surface area contributed by atoms with Gasteiger partial charge in [-0.2, -0.15) is 0 Å². The fraction of sp³-hybridized carbons (Fsp3) is 0.143. The molecule has 2 heterocycles. The van der Waals surface area contributed by atoms with E-state index in [-0.39, 0.29) is 17.9 Å². The van der Waals surface area contributed by atoms with Gasteiger partial charge in [0.2, 0.25) is 0 Å². The van der Waals surface area contributed by atoms with Crippen molar-refractivity contribution < 1.29 is 14.3 Å². The number of imidazole rings is 1. The Morgan fingerprint density at radius 1 is 0.973 bits per heavy atom. The van der Waals surface area contributed by atoms with Crippen LogP contribution in [-0.2, 0) is 29.0 Å². The highest BCUT2D eigenvalue weighted by molar-refractivity contribution is 5.94. The quantitative estimate of drug-likeness (QED) is 0.321. The SMILES string of the molecule is COC(=O)Cc1cc(=O)n(-c2ccc(C(=O)NCc3ccc(Cn4cnc5ccccc54)cc3)cc2)[nH]1. The van der Waals surface area contributed by atoms with Crippen molar-refractivity contribution in [1.29, 1.82) is 0 Å². The first kappa shape index (κ1) is 23.8. The Morgan fingerprint density at radius 2 is 1.70 bits per heavy atom. The lowest BCUT2D eigenvalue weighted by Crippen LogP contribution is -2.23. The summed E-state index contributed by atoms with van der Waals surface area (Å²) in [5.74, 6) is -0.660. The van der Waals surface area contributed by atoms with E-state index in [4.69, 9.17) is 0 Å². The van der Waals surface area contributed by atoms with Crippen LogP contribution in [0.4, 0.5) is 0 Å². The third-order valence-corrected chi connectivity index (χ3v) is 6.08. The van der Waals surface area contributed by atoms with Crippen molar-refractivity contribution >= 4 is 22.9 Å². The lowest BCUT2D eigenvalue weighted by Gasteiger charge is -2.09. The number of fused-ring (bicyclic) bond motifs is 1. The molecule has 0 aliphatic heterocycles. The van der Waals surface area contributed by atoms with Crippen molar-refractivity contribution in [3.8, 4) is 5.69 Å². The average molecular weight is 496 g/mol. The zero-order chi connectivity index (χ0) is 25.8. The Morgan fingerprint density at radius 3 is 2.46 bits per heavy atom. The molecular weight excluding hydrogens is 470 g/mol. The van der Waals surface area contributed by atoms with Gasteiger partial charge in [0.25, 0.3) is 11.5 Å². The Balaban J connectivity index is 1.18. The topological polar surface area (TPSA) is 111 Å². The van der Waals surface area contributed by atoms with Crippen LogP contribution in [0.25, 0.3) is 16.7 Å². The van der Waals surface area contributed by atoms with Gasteiger partial charge in [0.05, 0.1) is 36.6 Å². The van der Waals surface area contributed by atoms with Crippen LogP contribution in [-0.4, -0.2) is 38.3 Å². The number of nitrogens with one attached hydrogen (secondary N) is 2. The van der Waals surface area contributed by atoms with Gasteiger partial charge in [0, 0.05) is 30.4 Å². The minimum absolute atomic E-state index is 0.0271. The molecule has 0 unspecified atom stereocenters. The molecule has 2 aromatic heterocycles. The number of hydrogen-bond donors (Lipinski definition) is 2. The Hall–Kier alpha value is -4.92. The van der Waals surface area contributed by atoms with Gasteiger partial charge in [0.15, 0.2) is 0 Å². The third kappa shape index (κ3) is 5.35. The molecule has 0 bridgehead atoms. The number of methoxy groups -OCH3 is 1. The van der Waals surface area contributed by atoms with Crippen molar-refractivity contribution in [3.63, 3.8) is 0 Å². The number of H-pyrrole nitrogens is 1. The number of aromatic amines is 1. The van der Waals surface area contributed by atoms with Gasteiger partial charge in [-0.25, -0.2) is 9.67 Å². The molecule has 0 spiro atoms. The number of amides is 1. The molecule has 3 aromatic carbocycles. The maximum Gasteiger partial charge on any atom is 0.311 e. The van der Waals surface area contributed by atoms with Gasteiger partial charge in [0.1, 0.15) is 0 Å². The molecule has 0 atom stereocenters. The summed E-state index contributed by atoms with van der Waals surface area (Å²) < 4.78 is 8.05. The molecule has 9 nitrogen and oxygen atoms in total. The average Bonchev–Trinajstić information content (AvgIpc) is 3.50. The number of esters is 1. The third-order valence-electron chi connectivity index (χ3n) is 6.08. The maximum absolute atomic E-state index is 12.6. The van der Waals surface area contributed by atoms with Gasteiger partial charge >= 0.3 is 5.97 Å². The molecule has 0 saturated heterocycles. The largest absolute Gasteiger partial charge is 0.469 e. The highest BCUT2D eigenvalue weighted by Crippen LogP contribution is 2.15. The first-order valence-electron chi connectivity index (χ1n) is 11.7. The van der Waals surface area contributed by atoms with E-state index in [2.05, 4.69) is 30.8 Å². The summed E-state index contributed by atoms with van der Waals surface area (Å²) in [5.41, 5.74) is 5.36. The van der Waals surface area contributed by atoms with E-state index in [1.165, 1.54) is 17.9 Å². The first-order chi connectivity index (χ1) is 18.0. The maximum atomic E-state index is 12.6. The van der Waals surface area contributed by atoms with E-state index in [9.17, 15) is 14.4 Å². The number of rotatable bonds is 8. The van der Waals surface area contributed by atoms with Crippen molar-refractivity contribution in [2.45, 2.75) is 19.5 Å². The second-order valence-electron chi connectivity index (χ2n) is 8.62. The van der Waals surface area contributed by atoms with E-state index < -0.39 is 5.97 Å². The fourth-order valence-corrected chi connectivity index (χ4v) is 4.10. The number of aromatic nitrogens is 4. The van der Waals surface area contributed by atoms with E-state index in [1.54, 1.807) is 24.3 Å². The normalized spacial score (nSPS) is 10.9. The van der Waals surface area contributed by atoms with Crippen molar-refractivity contribution in [1.82, 2.24) is 24.6 Å². The van der Waals surface area contributed by atoms with E-state index in [0.29, 0.717) is 30.0 Å². The molecule has 186 valence electrons. The summed E-state index contributed by atoms with van der Waals surface area (Å²) in [7, 11) is 1.29. The summed E-state index contributed by atoms with van der Waals surface area (Å²) in [6.07, 6.45) is 1.82. The lowest BCUT2D eigenvalue weighted by atomic mass is 10.1. The van der Waals surface area contributed by atoms with Crippen molar-refractivity contribution in [2.24, 2.45) is 0 Å². The molecule has 9 heteroatoms. The second-order valence-corrected chi connectivity index (χ2v) is 8.62. The molecule has 37 heavy (non-hydrogen) atoms. The number of nitrogens with zero attached hydrogens (tertiary/aromatic N) is 3. The molecule has 0 saturated carbocycles. The fourth-order valence-electron chi connectivity index (χ4n) is 4.10. The van der Waals surface area contributed by atoms with E-state index in [0.717, 1.165) is 22.2 Å². The van der Waals surface area contributed by atoms with Crippen molar-refractivity contribution in [2.75, 3.05) is 7.11 Å². The molecular formula is C28H25N5O4. The number of para-hydroxylation sites is 2. The monoisotopic (exact) mass is 495 g/mol. The van der Waals surface area contributed by atoms with Gasteiger partial charge in [-0.15, -0.1) is 0 Å². The summed E-state index contributed by atoms with van der Waals surface area (Å²) in [6, 6.07) is 24.1. The second kappa shape index (κ2) is 10.4. The predicted molar refractivity (Wildman–Crippen MR) is 139 cm³/mol. The minimum Gasteiger partial charge on any atom is -0.469 e.